The molecule has 0 saturated heterocycles. The molecule has 0 aliphatic carbocycles. The fourth-order valence-electron chi connectivity index (χ4n) is 0.150. The van der Waals surface area contributed by atoms with Crippen LogP contribution in [-0.2, 0) is 15.0 Å². The van der Waals surface area contributed by atoms with Gasteiger partial charge in [-0.05, 0) is 0 Å². The quantitative estimate of drug-likeness (QED) is 0.383. The van der Waals surface area contributed by atoms with Gasteiger partial charge < -0.3 is 0 Å². The molecule has 0 aromatic carbocycles. The second kappa shape index (κ2) is 2.93. The summed E-state index contributed by atoms with van der Waals surface area (Å²) in [5.41, 5.74) is 0. The summed E-state index contributed by atoms with van der Waals surface area (Å²) in [7, 11) is -4.25. The summed E-state index contributed by atoms with van der Waals surface area (Å²) < 4.78 is 29.7. The van der Waals surface area contributed by atoms with Gasteiger partial charge in [-0.15, -0.1) is 6.58 Å². The summed E-state index contributed by atoms with van der Waals surface area (Å²) >= 11 is 0. The van der Waals surface area contributed by atoms with E-state index in [-0.39, 0.29) is 6.61 Å². The minimum Gasteiger partial charge on any atom is -0.290 e. The molecule has 0 unspecified atom stereocenters. The standard InChI is InChI=1S/C3H8O4S/c1-2-3-7-8(4,5)6/h2,8H,1,3H2,(H2,4,5,6). The third-order valence-corrected chi connectivity index (χ3v) is 0.846. The topological polar surface area (TPSA) is 66.8 Å². The largest absolute Gasteiger partial charge is 0.290 e. The van der Waals surface area contributed by atoms with Crippen LogP contribution < -0.4 is 0 Å². The Balaban J connectivity index is 3.40. The Bertz CT molecular complexity index is 114. The smallest absolute Gasteiger partial charge is 0.179 e. The van der Waals surface area contributed by atoms with Gasteiger partial charge in [-0.1, -0.05) is 6.08 Å². The van der Waals surface area contributed by atoms with Crippen LogP contribution in [0.3, 0.4) is 0 Å². The summed E-state index contributed by atoms with van der Waals surface area (Å²) in [6, 6.07) is 0. The summed E-state index contributed by atoms with van der Waals surface area (Å²) in [6.45, 7) is 3.07. The third kappa shape index (κ3) is 5.77. The summed E-state index contributed by atoms with van der Waals surface area (Å²) in [4.78, 5) is 0. The van der Waals surface area contributed by atoms with Gasteiger partial charge in [0, 0.05) is 0 Å². The molecule has 0 rings (SSSR count). The van der Waals surface area contributed by atoms with E-state index in [1.54, 1.807) is 0 Å². The molecule has 0 aliphatic rings. The molecule has 0 fully saturated rings. The van der Waals surface area contributed by atoms with Crippen molar-refractivity contribution in [1.82, 2.24) is 0 Å². The van der Waals surface area contributed by atoms with Crippen molar-refractivity contribution in [3.05, 3.63) is 12.7 Å². The van der Waals surface area contributed by atoms with E-state index < -0.39 is 10.8 Å². The molecule has 0 aromatic heterocycles. The normalized spacial score (nSPS) is 13.2. The van der Waals surface area contributed by atoms with Gasteiger partial charge in [-0.3, -0.25) is 13.3 Å². The zero-order valence-electron chi connectivity index (χ0n) is 4.15. The van der Waals surface area contributed by atoms with Gasteiger partial charge in [0.05, 0.1) is 6.61 Å². The Morgan fingerprint density at radius 3 is 2.38 bits per heavy atom. The fourth-order valence-corrected chi connectivity index (χ4v) is 0.449. The number of rotatable bonds is 3. The van der Waals surface area contributed by atoms with Gasteiger partial charge in [0.25, 0.3) is 0 Å². The van der Waals surface area contributed by atoms with Crippen LogP contribution >= 0.6 is 0 Å². The monoisotopic (exact) mass is 140 g/mol. The summed E-state index contributed by atoms with van der Waals surface area (Å²) in [5, 5.41) is 0. The molecule has 4 nitrogen and oxygen atoms in total. The molecule has 0 amide bonds. The second-order valence-electron chi connectivity index (χ2n) is 1.08. The first-order valence-electron chi connectivity index (χ1n) is 1.87. The van der Waals surface area contributed by atoms with Crippen LogP contribution in [0.1, 0.15) is 0 Å². The highest BCUT2D eigenvalue weighted by Gasteiger charge is 1.97. The molecule has 0 heterocycles. The average molecular weight is 140 g/mol. The molecule has 0 bridgehead atoms. The lowest BCUT2D eigenvalue weighted by molar-refractivity contribution is 0.254. The van der Waals surface area contributed by atoms with Crippen LogP contribution in [0.25, 0.3) is 0 Å². The minimum absolute atomic E-state index is 0.121. The van der Waals surface area contributed by atoms with E-state index in [2.05, 4.69) is 10.8 Å². The average Bonchev–Trinajstić information content (AvgIpc) is 1.59. The maximum Gasteiger partial charge on any atom is 0.179 e. The van der Waals surface area contributed by atoms with Crippen LogP contribution in [0.15, 0.2) is 12.7 Å². The highest BCUT2D eigenvalue weighted by atomic mass is 32.3. The lowest BCUT2D eigenvalue weighted by Crippen LogP contribution is -2.12. The van der Waals surface area contributed by atoms with Crippen LogP contribution in [0.4, 0.5) is 0 Å². The Kier molecular flexibility index (Phi) is 2.85. The maximum absolute atomic E-state index is 9.81. The SMILES string of the molecule is C=CCO[SH](=O)(O)O. The molecule has 50 valence electrons. The molecule has 0 radical (unpaired) electrons. The minimum atomic E-state index is -4.25. The van der Waals surface area contributed by atoms with Crippen molar-refractivity contribution in [3.63, 3.8) is 0 Å². The van der Waals surface area contributed by atoms with E-state index in [0.29, 0.717) is 0 Å². The second-order valence-corrected chi connectivity index (χ2v) is 2.31. The molecule has 5 heteroatoms. The van der Waals surface area contributed by atoms with E-state index in [4.69, 9.17) is 9.11 Å². The Hall–Kier alpha value is -0.230. The zero-order valence-corrected chi connectivity index (χ0v) is 5.04. The maximum atomic E-state index is 9.81. The summed E-state index contributed by atoms with van der Waals surface area (Å²) in [5.74, 6) is 0. The number of hydrogen-bond donors (Lipinski definition) is 3. The van der Waals surface area contributed by atoms with Crippen molar-refractivity contribution in [2.24, 2.45) is 0 Å². The van der Waals surface area contributed by atoms with Crippen LogP contribution in [0.2, 0.25) is 0 Å². The van der Waals surface area contributed by atoms with E-state index in [0.717, 1.165) is 0 Å². The number of thiol groups is 1. The predicted molar refractivity (Wildman–Crippen MR) is 30.9 cm³/mol. The highest BCUT2D eigenvalue weighted by Crippen LogP contribution is 1.91. The van der Waals surface area contributed by atoms with Crippen molar-refractivity contribution >= 4 is 10.8 Å². The molecule has 0 atom stereocenters. The van der Waals surface area contributed by atoms with Gasteiger partial charge in [0.15, 0.2) is 10.8 Å². The summed E-state index contributed by atoms with van der Waals surface area (Å²) in [6.07, 6.45) is 1.26. The highest BCUT2D eigenvalue weighted by molar-refractivity contribution is 7.87. The van der Waals surface area contributed by atoms with Crippen molar-refractivity contribution in [1.29, 1.82) is 0 Å². The lowest BCUT2D eigenvalue weighted by Gasteiger charge is -2.07. The van der Waals surface area contributed by atoms with Crippen molar-refractivity contribution in [2.75, 3.05) is 6.61 Å². The van der Waals surface area contributed by atoms with E-state index >= 15 is 0 Å². The van der Waals surface area contributed by atoms with Gasteiger partial charge in [0.1, 0.15) is 0 Å². The van der Waals surface area contributed by atoms with Crippen LogP contribution in [-0.4, -0.2) is 19.9 Å². The molecular weight excluding hydrogens is 132 g/mol. The van der Waals surface area contributed by atoms with E-state index in [9.17, 15) is 4.21 Å². The van der Waals surface area contributed by atoms with Crippen molar-refractivity contribution in [3.8, 4) is 0 Å². The predicted octanol–water partition coefficient (Wildman–Crippen LogP) is 0.0667. The first kappa shape index (κ1) is 7.77. The van der Waals surface area contributed by atoms with Gasteiger partial charge in [0.2, 0.25) is 0 Å². The Labute approximate surface area is 48.5 Å². The molecule has 2 N–H and O–H groups in total. The van der Waals surface area contributed by atoms with Gasteiger partial charge >= 0.3 is 0 Å². The molecule has 0 aliphatic heterocycles. The Morgan fingerprint density at radius 2 is 2.25 bits per heavy atom. The number of hydrogen-bond acceptors (Lipinski definition) is 2. The van der Waals surface area contributed by atoms with Crippen molar-refractivity contribution in [2.45, 2.75) is 0 Å². The first-order chi connectivity index (χ1) is 3.56. The van der Waals surface area contributed by atoms with Crippen LogP contribution in [0, 0.1) is 0 Å². The molecule has 0 saturated carbocycles. The molecular formula is C3H8O4S. The Morgan fingerprint density at radius 1 is 1.75 bits per heavy atom. The van der Waals surface area contributed by atoms with Gasteiger partial charge in [-0.25, -0.2) is 4.21 Å². The zero-order chi connectivity index (χ0) is 6.62. The van der Waals surface area contributed by atoms with Gasteiger partial charge in [-0.2, -0.15) is 0 Å². The third-order valence-electron chi connectivity index (χ3n) is 0.361. The van der Waals surface area contributed by atoms with E-state index in [1.807, 2.05) is 0 Å². The molecule has 0 spiro atoms. The van der Waals surface area contributed by atoms with Crippen molar-refractivity contribution < 1.29 is 17.5 Å². The van der Waals surface area contributed by atoms with E-state index in [1.165, 1.54) is 6.08 Å². The van der Waals surface area contributed by atoms with Crippen LogP contribution in [0.5, 0.6) is 0 Å². The first-order valence-corrected chi connectivity index (χ1v) is 3.40. The lowest BCUT2D eigenvalue weighted by atomic mass is 10.7. The fraction of sp³-hybridized carbons (Fsp3) is 0.333. The molecule has 8 heavy (non-hydrogen) atoms. The molecule has 0 aromatic rings.